The molecule has 0 aliphatic carbocycles. The Morgan fingerprint density at radius 1 is 1.28 bits per heavy atom. The van der Waals surface area contributed by atoms with Crippen LogP contribution in [0, 0.1) is 0 Å². The molecule has 1 aromatic carbocycles. The zero-order valence-electron chi connectivity index (χ0n) is 9.86. The van der Waals surface area contributed by atoms with Crippen LogP contribution < -0.4 is 0 Å². The Hall–Kier alpha value is -2.24. The van der Waals surface area contributed by atoms with Crippen LogP contribution in [-0.2, 0) is 24.3 Å². The molecule has 2 heterocycles. The lowest BCUT2D eigenvalue weighted by atomic mass is 10.00. The van der Waals surface area contributed by atoms with Crippen LogP contribution in [0.4, 0.5) is 0 Å². The van der Waals surface area contributed by atoms with E-state index < -0.39 is 0 Å². The Morgan fingerprint density at radius 2 is 2.11 bits per heavy atom. The van der Waals surface area contributed by atoms with Gasteiger partial charge in [0.2, 0.25) is 5.91 Å². The standard InChI is InChI=1S/C12H13N5O/c18-12(8-17-9-13-14-15-17)16-6-5-10-3-1-2-4-11(10)7-16/h1-4,9H,5-8H2. The summed E-state index contributed by atoms with van der Waals surface area (Å²) >= 11 is 0. The minimum Gasteiger partial charge on any atom is -0.336 e. The van der Waals surface area contributed by atoms with E-state index in [-0.39, 0.29) is 12.5 Å². The molecule has 1 amide bonds. The molecule has 0 atom stereocenters. The maximum atomic E-state index is 12.1. The highest BCUT2D eigenvalue weighted by Gasteiger charge is 2.20. The van der Waals surface area contributed by atoms with Gasteiger partial charge in [-0.15, -0.1) is 5.10 Å². The van der Waals surface area contributed by atoms with Crippen LogP contribution in [-0.4, -0.2) is 37.6 Å². The molecule has 0 bridgehead atoms. The highest BCUT2D eigenvalue weighted by atomic mass is 16.2. The van der Waals surface area contributed by atoms with Crippen molar-refractivity contribution < 1.29 is 4.79 Å². The first-order valence-corrected chi connectivity index (χ1v) is 5.88. The fraction of sp³-hybridized carbons (Fsp3) is 0.333. The van der Waals surface area contributed by atoms with Gasteiger partial charge in [-0.1, -0.05) is 24.3 Å². The molecule has 0 saturated heterocycles. The zero-order chi connectivity index (χ0) is 12.4. The molecule has 1 aliphatic rings. The predicted octanol–water partition coefficient (Wildman–Crippen LogP) is 0.258. The van der Waals surface area contributed by atoms with Gasteiger partial charge < -0.3 is 4.90 Å². The van der Waals surface area contributed by atoms with Gasteiger partial charge in [-0.25, -0.2) is 4.68 Å². The Labute approximate surface area is 104 Å². The van der Waals surface area contributed by atoms with Gasteiger partial charge >= 0.3 is 0 Å². The molecule has 0 saturated carbocycles. The summed E-state index contributed by atoms with van der Waals surface area (Å²) in [5.74, 6) is 0.0526. The van der Waals surface area contributed by atoms with Gasteiger partial charge in [-0.3, -0.25) is 4.79 Å². The van der Waals surface area contributed by atoms with E-state index in [9.17, 15) is 4.79 Å². The summed E-state index contributed by atoms with van der Waals surface area (Å²) in [5, 5.41) is 10.7. The summed E-state index contributed by atoms with van der Waals surface area (Å²) < 4.78 is 1.45. The van der Waals surface area contributed by atoms with Crippen molar-refractivity contribution in [1.82, 2.24) is 25.1 Å². The molecule has 0 N–H and O–H groups in total. The molecular formula is C12H13N5O. The first-order chi connectivity index (χ1) is 8.83. The highest BCUT2D eigenvalue weighted by Crippen LogP contribution is 2.18. The van der Waals surface area contributed by atoms with Crippen LogP contribution >= 0.6 is 0 Å². The van der Waals surface area contributed by atoms with Gasteiger partial charge in [0.05, 0.1) is 0 Å². The Balaban J connectivity index is 1.70. The number of benzene rings is 1. The third-order valence-corrected chi connectivity index (χ3v) is 3.17. The SMILES string of the molecule is O=C(Cn1cnnn1)N1CCc2ccccc2C1. The number of tetrazole rings is 1. The minimum atomic E-state index is 0.0526. The van der Waals surface area contributed by atoms with E-state index >= 15 is 0 Å². The van der Waals surface area contributed by atoms with Crippen molar-refractivity contribution in [3.63, 3.8) is 0 Å². The molecule has 3 rings (SSSR count). The van der Waals surface area contributed by atoms with Crippen molar-refractivity contribution in [2.24, 2.45) is 0 Å². The quantitative estimate of drug-likeness (QED) is 0.759. The summed E-state index contributed by atoms with van der Waals surface area (Å²) in [4.78, 5) is 13.9. The number of carbonyl (C=O) groups excluding carboxylic acids is 1. The van der Waals surface area contributed by atoms with E-state index in [0.717, 1.165) is 13.0 Å². The van der Waals surface area contributed by atoms with Gasteiger partial charge in [-0.05, 0) is 28.0 Å². The summed E-state index contributed by atoms with van der Waals surface area (Å²) in [6.07, 6.45) is 2.37. The third-order valence-electron chi connectivity index (χ3n) is 3.17. The van der Waals surface area contributed by atoms with Crippen LogP contribution in [0.15, 0.2) is 30.6 Å². The lowest BCUT2D eigenvalue weighted by Gasteiger charge is -2.28. The van der Waals surface area contributed by atoms with Crippen molar-refractivity contribution in [2.45, 2.75) is 19.5 Å². The lowest BCUT2D eigenvalue weighted by Crippen LogP contribution is -2.38. The highest BCUT2D eigenvalue weighted by molar-refractivity contribution is 5.76. The Bertz CT molecular complexity index is 551. The van der Waals surface area contributed by atoms with Crippen molar-refractivity contribution in [2.75, 3.05) is 6.54 Å². The maximum Gasteiger partial charge on any atom is 0.244 e. The first kappa shape index (κ1) is 10.9. The Morgan fingerprint density at radius 3 is 2.89 bits per heavy atom. The normalized spacial score (nSPS) is 14.3. The van der Waals surface area contributed by atoms with Crippen LogP contribution in [0.2, 0.25) is 0 Å². The lowest BCUT2D eigenvalue weighted by molar-refractivity contribution is -0.133. The zero-order valence-corrected chi connectivity index (χ0v) is 9.86. The number of nitrogens with zero attached hydrogens (tertiary/aromatic N) is 5. The number of hydrogen-bond donors (Lipinski definition) is 0. The maximum absolute atomic E-state index is 12.1. The molecule has 1 aliphatic heterocycles. The number of amides is 1. The van der Waals surface area contributed by atoms with E-state index in [0.29, 0.717) is 6.54 Å². The minimum absolute atomic E-state index is 0.0526. The van der Waals surface area contributed by atoms with Gasteiger partial charge in [0.15, 0.2) is 0 Å². The second-order valence-electron chi connectivity index (χ2n) is 4.34. The van der Waals surface area contributed by atoms with E-state index in [1.54, 1.807) is 0 Å². The van der Waals surface area contributed by atoms with Crippen molar-refractivity contribution in [3.8, 4) is 0 Å². The molecule has 2 aromatic rings. The van der Waals surface area contributed by atoms with Crippen molar-refractivity contribution in [1.29, 1.82) is 0 Å². The molecule has 0 spiro atoms. The van der Waals surface area contributed by atoms with Crippen molar-refractivity contribution >= 4 is 5.91 Å². The topological polar surface area (TPSA) is 63.9 Å². The first-order valence-electron chi connectivity index (χ1n) is 5.88. The summed E-state index contributed by atoms with van der Waals surface area (Å²) in [6.45, 7) is 1.64. The molecule has 18 heavy (non-hydrogen) atoms. The largest absolute Gasteiger partial charge is 0.336 e. The van der Waals surface area contributed by atoms with Crippen LogP contribution in [0.3, 0.4) is 0 Å². The molecule has 6 nitrogen and oxygen atoms in total. The fourth-order valence-corrected chi connectivity index (χ4v) is 2.20. The van der Waals surface area contributed by atoms with Crippen LogP contribution in [0.1, 0.15) is 11.1 Å². The van der Waals surface area contributed by atoms with E-state index in [2.05, 4.69) is 27.7 Å². The van der Waals surface area contributed by atoms with Gasteiger partial charge in [0.1, 0.15) is 12.9 Å². The van der Waals surface area contributed by atoms with Gasteiger partial charge in [0.25, 0.3) is 0 Å². The summed E-state index contributed by atoms with van der Waals surface area (Å²) in [7, 11) is 0. The van der Waals surface area contributed by atoms with E-state index in [1.807, 2.05) is 17.0 Å². The fourth-order valence-electron chi connectivity index (χ4n) is 2.20. The predicted molar refractivity (Wildman–Crippen MR) is 63.4 cm³/mol. The molecule has 0 radical (unpaired) electrons. The average Bonchev–Trinajstić information content (AvgIpc) is 2.91. The van der Waals surface area contributed by atoms with Crippen LogP contribution in [0.25, 0.3) is 0 Å². The number of rotatable bonds is 2. The van der Waals surface area contributed by atoms with E-state index in [1.165, 1.54) is 22.1 Å². The number of aromatic nitrogens is 4. The Kier molecular flexibility index (Phi) is 2.76. The van der Waals surface area contributed by atoms with Gasteiger partial charge in [-0.2, -0.15) is 0 Å². The molecular weight excluding hydrogens is 230 g/mol. The van der Waals surface area contributed by atoms with Crippen molar-refractivity contribution in [3.05, 3.63) is 41.7 Å². The number of carbonyl (C=O) groups is 1. The monoisotopic (exact) mass is 243 g/mol. The molecule has 1 aromatic heterocycles. The average molecular weight is 243 g/mol. The van der Waals surface area contributed by atoms with Crippen LogP contribution in [0.5, 0.6) is 0 Å². The number of fused-ring (bicyclic) bond motifs is 1. The third kappa shape index (κ3) is 2.09. The summed E-state index contributed by atoms with van der Waals surface area (Å²) in [6, 6.07) is 8.25. The molecule has 0 fully saturated rings. The van der Waals surface area contributed by atoms with E-state index in [4.69, 9.17) is 0 Å². The summed E-state index contributed by atoms with van der Waals surface area (Å²) in [5.41, 5.74) is 2.57. The molecule has 92 valence electrons. The van der Waals surface area contributed by atoms with Gasteiger partial charge in [0, 0.05) is 13.1 Å². The second-order valence-corrected chi connectivity index (χ2v) is 4.34. The number of hydrogen-bond acceptors (Lipinski definition) is 4. The molecule has 6 heteroatoms. The smallest absolute Gasteiger partial charge is 0.244 e. The second kappa shape index (κ2) is 4.56. The molecule has 0 unspecified atom stereocenters.